The first-order valence-electron chi connectivity index (χ1n) is 10.2. The van der Waals surface area contributed by atoms with Gasteiger partial charge >= 0.3 is 6.16 Å². The Hall–Kier alpha value is -3.47. The van der Waals surface area contributed by atoms with E-state index in [4.69, 9.17) is 21.6 Å². The molecule has 172 valence electrons. The van der Waals surface area contributed by atoms with Crippen molar-refractivity contribution < 1.29 is 29.0 Å². The van der Waals surface area contributed by atoms with Crippen LogP contribution in [0.1, 0.15) is 37.4 Å². The van der Waals surface area contributed by atoms with Crippen LogP contribution in [0, 0.1) is 23.2 Å². The molecule has 4 unspecified atom stereocenters. The number of rotatable bonds is 7. The fourth-order valence-corrected chi connectivity index (χ4v) is 5.04. The lowest BCUT2D eigenvalue weighted by molar-refractivity contribution is -0.177. The first-order chi connectivity index (χ1) is 14.9. The van der Waals surface area contributed by atoms with E-state index in [0.29, 0.717) is 11.1 Å². The smallest absolute Gasteiger partial charge is 0.450 e. The summed E-state index contributed by atoms with van der Waals surface area (Å²) in [7, 11) is 1.36. The summed E-state index contributed by atoms with van der Waals surface area (Å²) in [6.07, 6.45) is -1.72. The minimum Gasteiger partial charge on any atom is -0.450 e. The Morgan fingerprint density at radius 2 is 1.78 bits per heavy atom. The van der Waals surface area contributed by atoms with E-state index >= 15 is 0 Å². The highest BCUT2D eigenvalue weighted by Gasteiger charge is 2.71. The summed E-state index contributed by atoms with van der Waals surface area (Å²) in [4.78, 5) is 52.3. The fourth-order valence-electron chi connectivity index (χ4n) is 5.04. The molecule has 0 bridgehead atoms. The normalized spacial score (nSPS) is 27.6. The fraction of sp³-hybridized carbons (Fsp3) is 0.476. The van der Waals surface area contributed by atoms with Crippen LogP contribution in [0.25, 0.3) is 0 Å². The summed E-state index contributed by atoms with van der Waals surface area (Å²) in [5.74, 6) is -4.31. The van der Waals surface area contributed by atoms with Crippen molar-refractivity contribution in [3.8, 4) is 0 Å². The molecule has 0 aliphatic carbocycles. The highest BCUT2D eigenvalue weighted by atomic mass is 16.7. The number of hydrogen-bond acceptors (Lipinski definition) is 7. The average Bonchev–Trinajstić information content (AvgIpc) is 3.12. The molecular weight excluding hydrogens is 418 g/mol. The number of carbonyl (C=O) groups is 4. The van der Waals surface area contributed by atoms with Crippen LogP contribution in [-0.4, -0.2) is 63.9 Å². The number of likely N-dealkylation sites (tertiary alicyclic amines) is 2. The molecule has 0 spiro atoms. The van der Waals surface area contributed by atoms with Gasteiger partial charge in [0.05, 0.1) is 12.0 Å². The van der Waals surface area contributed by atoms with Crippen LogP contribution in [0.15, 0.2) is 24.3 Å². The van der Waals surface area contributed by atoms with Crippen LogP contribution in [-0.2, 0) is 19.1 Å². The van der Waals surface area contributed by atoms with Crippen molar-refractivity contribution in [2.24, 2.45) is 29.2 Å². The van der Waals surface area contributed by atoms with Crippen molar-refractivity contribution >= 4 is 29.7 Å². The molecule has 3 rings (SSSR count). The van der Waals surface area contributed by atoms with Gasteiger partial charge in [-0.1, -0.05) is 38.1 Å². The Kier molecular flexibility index (Phi) is 5.96. The van der Waals surface area contributed by atoms with E-state index in [1.165, 1.54) is 7.05 Å². The average molecular weight is 445 g/mol. The number of nitrogens with two attached hydrogens (primary N) is 2. The Bertz CT molecular complexity index is 977. The van der Waals surface area contributed by atoms with Gasteiger partial charge in [0.2, 0.25) is 17.7 Å². The summed E-state index contributed by atoms with van der Waals surface area (Å²) in [5.41, 5.74) is 10.3. The molecule has 0 radical (unpaired) electrons. The van der Waals surface area contributed by atoms with E-state index in [-0.39, 0.29) is 18.8 Å². The minimum atomic E-state index is -1.69. The molecule has 0 saturated carbocycles. The quantitative estimate of drug-likeness (QED) is 0.202. The molecule has 11 heteroatoms. The Balaban J connectivity index is 2.24. The second-order valence-electron chi connectivity index (χ2n) is 8.40. The number of amidine groups is 1. The standard InChI is InChI=1S/C21H27N5O6/c1-10(2)21(32-20(30)31)15-14(18(28)25(3)19(15)29)16(26(21)9-8-13(22)27)11-4-6-12(7-5-11)17(23)24/h4-7,10,14-16H,8-9H2,1-3H3,(H2,22,27)(H3,23,24)(H,30,31). The third kappa shape index (κ3) is 3.48. The lowest BCUT2D eigenvalue weighted by atomic mass is 9.80. The van der Waals surface area contributed by atoms with Crippen molar-refractivity contribution in [2.45, 2.75) is 32.0 Å². The van der Waals surface area contributed by atoms with Gasteiger partial charge in [-0.05, 0) is 5.56 Å². The SMILES string of the molecule is CC(C)C1(OC(=O)O)C2C(=O)N(C)C(=O)C2C(c2ccc(C(=N)N)cc2)N1CCC(N)=O. The summed E-state index contributed by atoms with van der Waals surface area (Å²) in [5, 5.41) is 17.2. The molecule has 2 aliphatic heterocycles. The number of hydrogen-bond donors (Lipinski definition) is 4. The molecule has 6 N–H and O–H groups in total. The number of imide groups is 1. The zero-order chi connectivity index (χ0) is 24.0. The van der Waals surface area contributed by atoms with Gasteiger partial charge in [-0.15, -0.1) is 0 Å². The zero-order valence-corrected chi connectivity index (χ0v) is 18.1. The van der Waals surface area contributed by atoms with Crippen LogP contribution >= 0.6 is 0 Å². The molecule has 2 fully saturated rings. The van der Waals surface area contributed by atoms with E-state index in [1.54, 1.807) is 43.0 Å². The van der Waals surface area contributed by atoms with Crippen LogP contribution in [0.3, 0.4) is 0 Å². The maximum Gasteiger partial charge on any atom is 0.507 e. The topological polar surface area (TPSA) is 180 Å². The van der Waals surface area contributed by atoms with Crippen molar-refractivity contribution in [2.75, 3.05) is 13.6 Å². The van der Waals surface area contributed by atoms with Crippen LogP contribution in [0.4, 0.5) is 4.79 Å². The minimum absolute atomic E-state index is 0.0167. The largest absolute Gasteiger partial charge is 0.507 e. The second kappa shape index (κ2) is 8.23. The van der Waals surface area contributed by atoms with E-state index in [0.717, 1.165) is 4.90 Å². The first-order valence-corrected chi connectivity index (χ1v) is 10.2. The Labute approximate surface area is 184 Å². The van der Waals surface area contributed by atoms with Gasteiger partial charge in [0.1, 0.15) is 11.8 Å². The van der Waals surface area contributed by atoms with E-state index in [2.05, 4.69) is 0 Å². The number of benzene rings is 1. The van der Waals surface area contributed by atoms with E-state index in [1.807, 2.05) is 0 Å². The maximum absolute atomic E-state index is 13.2. The number of nitrogens with one attached hydrogen (secondary N) is 1. The maximum atomic E-state index is 13.2. The van der Waals surface area contributed by atoms with Crippen molar-refractivity contribution in [3.05, 3.63) is 35.4 Å². The number of primary amides is 1. The number of carbonyl (C=O) groups excluding carboxylic acids is 3. The van der Waals surface area contributed by atoms with Crippen LogP contribution < -0.4 is 11.5 Å². The molecule has 3 amide bonds. The molecule has 2 saturated heterocycles. The Morgan fingerprint density at radius 1 is 1.19 bits per heavy atom. The van der Waals surface area contributed by atoms with Gasteiger partial charge in [-0.2, -0.15) is 0 Å². The summed E-state index contributed by atoms with van der Waals surface area (Å²) in [6.45, 7) is 3.39. The number of fused-ring (bicyclic) bond motifs is 1. The first kappa shape index (κ1) is 23.2. The van der Waals surface area contributed by atoms with Gasteiger partial charge in [0, 0.05) is 31.5 Å². The molecule has 1 aromatic carbocycles. The third-order valence-corrected chi connectivity index (χ3v) is 6.38. The van der Waals surface area contributed by atoms with Crippen molar-refractivity contribution in [3.63, 3.8) is 0 Å². The van der Waals surface area contributed by atoms with Gasteiger partial charge in [-0.25, -0.2) is 4.79 Å². The monoisotopic (exact) mass is 445 g/mol. The van der Waals surface area contributed by atoms with Crippen molar-refractivity contribution in [1.82, 2.24) is 9.80 Å². The number of ether oxygens (including phenoxy) is 1. The van der Waals surface area contributed by atoms with Gasteiger partial charge in [0.15, 0.2) is 5.72 Å². The summed E-state index contributed by atoms with van der Waals surface area (Å²) >= 11 is 0. The van der Waals surface area contributed by atoms with Crippen LogP contribution in [0.2, 0.25) is 0 Å². The van der Waals surface area contributed by atoms with Gasteiger partial charge in [-0.3, -0.25) is 29.6 Å². The predicted octanol–water partition coefficient (Wildman–Crippen LogP) is 0.481. The van der Waals surface area contributed by atoms with Crippen LogP contribution in [0.5, 0.6) is 0 Å². The third-order valence-electron chi connectivity index (χ3n) is 6.38. The summed E-state index contributed by atoms with van der Waals surface area (Å²) < 4.78 is 5.44. The number of amides is 3. The van der Waals surface area contributed by atoms with Crippen molar-refractivity contribution in [1.29, 1.82) is 5.41 Å². The predicted molar refractivity (Wildman–Crippen MR) is 112 cm³/mol. The highest BCUT2D eigenvalue weighted by molar-refractivity contribution is 6.06. The molecule has 2 aliphatic rings. The number of nitrogens with zero attached hydrogens (tertiary/aromatic N) is 2. The number of carboxylic acid groups (broad SMARTS) is 1. The second-order valence-corrected chi connectivity index (χ2v) is 8.40. The lowest BCUT2D eigenvalue weighted by Gasteiger charge is -2.44. The lowest BCUT2D eigenvalue weighted by Crippen LogP contribution is -2.58. The molecule has 11 nitrogen and oxygen atoms in total. The van der Waals surface area contributed by atoms with E-state index in [9.17, 15) is 24.3 Å². The van der Waals surface area contributed by atoms with Gasteiger partial charge in [0.25, 0.3) is 0 Å². The zero-order valence-electron chi connectivity index (χ0n) is 18.1. The molecule has 0 aromatic heterocycles. The van der Waals surface area contributed by atoms with E-state index < -0.39 is 53.4 Å². The number of nitrogen functional groups attached to an aromatic ring is 1. The molecule has 2 heterocycles. The summed E-state index contributed by atoms with van der Waals surface area (Å²) in [6, 6.07) is 5.80. The molecule has 1 aromatic rings. The van der Waals surface area contributed by atoms with Gasteiger partial charge < -0.3 is 21.3 Å². The highest BCUT2D eigenvalue weighted by Crippen LogP contribution is 2.57. The Morgan fingerprint density at radius 3 is 2.25 bits per heavy atom. The molecule has 32 heavy (non-hydrogen) atoms. The molecule has 4 atom stereocenters. The molecular formula is C21H27N5O6.